The zero-order valence-corrected chi connectivity index (χ0v) is 9.66. The van der Waals surface area contributed by atoms with Gasteiger partial charge in [0.05, 0.1) is 0 Å². The number of likely N-dealkylation sites (N-methyl/N-ethyl adjacent to an activating group) is 1. The standard InChI is InChI=1S/C13H20N2/c1-10-7-11(9-15-8-10)12-5-3-4-6-13(12)14-2/h7-9,12-14H,3-6H2,1-2H3. The molecule has 15 heavy (non-hydrogen) atoms. The Kier molecular flexibility index (Phi) is 3.37. The van der Waals surface area contributed by atoms with Crippen LogP contribution in [-0.2, 0) is 0 Å². The molecule has 1 aromatic heterocycles. The molecule has 0 bridgehead atoms. The third-order valence-electron chi connectivity index (χ3n) is 3.46. The molecule has 2 atom stereocenters. The van der Waals surface area contributed by atoms with Gasteiger partial charge in [0.15, 0.2) is 0 Å². The van der Waals surface area contributed by atoms with E-state index in [-0.39, 0.29) is 0 Å². The lowest BCUT2D eigenvalue weighted by atomic mass is 9.80. The SMILES string of the molecule is CNC1CCCCC1c1cncc(C)c1. The van der Waals surface area contributed by atoms with E-state index in [4.69, 9.17) is 0 Å². The number of aryl methyl sites for hydroxylation is 1. The summed E-state index contributed by atoms with van der Waals surface area (Å²) in [5.74, 6) is 0.663. The minimum Gasteiger partial charge on any atom is -0.316 e. The van der Waals surface area contributed by atoms with Crippen molar-refractivity contribution in [2.45, 2.75) is 44.6 Å². The predicted octanol–water partition coefficient (Wildman–Crippen LogP) is 2.64. The second-order valence-corrected chi connectivity index (χ2v) is 4.58. The lowest BCUT2D eigenvalue weighted by molar-refractivity contribution is 0.343. The van der Waals surface area contributed by atoms with E-state index in [1.807, 2.05) is 12.4 Å². The molecule has 1 fully saturated rings. The van der Waals surface area contributed by atoms with Crippen LogP contribution in [-0.4, -0.2) is 18.1 Å². The Morgan fingerprint density at radius 1 is 1.27 bits per heavy atom. The van der Waals surface area contributed by atoms with E-state index < -0.39 is 0 Å². The van der Waals surface area contributed by atoms with Crippen molar-refractivity contribution in [3.8, 4) is 0 Å². The van der Waals surface area contributed by atoms with Crippen LogP contribution >= 0.6 is 0 Å². The summed E-state index contributed by atoms with van der Waals surface area (Å²) in [7, 11) is 2.08. The summed E-state index contributed by atoms with van der Waals surface area (Å²) in [6, 6.07) is 2.93. The molecule has 82 valence electrons. The quantitative estimate of drug-likeness (QED) is 0.801. The maximum atomic E-state index is 4.30. The molecule has 1 N–H and O–H groups in total. The maximum Gasteiger partial charge on any atom is 0.0303 e. The fourth-order valence-corrected chi connectivity index (χ4v) is 2.66. The molecule has 2 rings (SSSR count). The first-order valence-corrected chi connectivity index (χ1v) is 5.90. The number of aromatic nitrogens is 1. The van der Waals surface area contributed by atoms with Gasteiger partial charge >= 0.3 is 0 Å². The molecule has 0 aliphatic heterocycles. The normalized spacial score (nSPS) is 26.5. The summed E-state index contributed by atoms with van der Waals surface area (Å²) >= 11 is 0. The Morgan fingerprint density at radius 2 is 2.07 bits per heavy atom. The molecule has 0 aromatic carbocycles. The van der Waals surface area contributed by atoms with Crippen LogP contribution in [0.2, 0.25) is 0 Å². The number of hydrogen-bond donors (Lipinski definition) is 1. The zero-order chi connectivity index (χ0) is 10.7. The third-order valence-corrected chi connectivity index (χ3v) is 3.46. The van der Waals surface area contributed by atoms with Crippen LogP contribution < -0.4 is 5.32 Å². The van der Waals surface area contributed by atoms with Crippen molar-refractivity contribution in [3.05, 3.63) is 29.6 Å². The van der Waals surface area contributed by atoms with E-state index >= 15 is 0 Å². The Balaban J connectivity index is 2.20. The number of pyridine rings is 1. The fourth-order valence-electron chi connectivity index (χ4n) is 2.66. The van der Waals surface area contributed by atoms with Crippen molar-refractivity contribution in [1.82, 2.24) is 10.3 Å². The van der Waals surface area contributed by atoms with Crippen LogP contribution in [0.5, 0.6) is 0 Å². The van der Waals surface area contributed by atoms with E-state index in [2.05, 4.69) is 30.3 Å². The van der Waals surface area contributed by atoms with Crippen LogP contribution in [0.1, 0.15) is 42.7 Å². The Labute approximate surface area is 92.1 Å². The first kappa shape index (κ1) is 10.6. The molecule has 2 nitrogen and oxygen atoms in total. The number of hydrogen-bond acceptors (Lipinski definition) is 2. The molecule has 0 amide bonds. The van der Waals surface area contributed by atoms with Crippen LogP contribution in [0, 0.1) is 6.92 Å². The molecule has 2 heteroatoms. The van der Waals surface area contributed by atoms with Gasteiger partial charge in [-0.25, -0.2) is 0 Å². The highest BCUT2D eigenvalue weighted by Crippen LogP contribution is 2.32. The number of nitrogens with zero attached hydrogens (tertiary/aromatic N) is 1. The second kappa shape index (κ2) is 4.75. The minimum absolute atomic E-state index is 0.641. The molecule has 1 aliphatic rings. The van der Waals surface area contributed by atoms with Crippen molar-refractivity contribution in [3.63, 3.8) is 0 Å². The van der Waals surface area contributed by atoms with Gasteiger partial charge in [-0.3, -0.25) is 4.98 Å². The van der Waals surface area contributed by atoms with Gasteiger partial charge in [0, 0.05) is 24.4 Å². The first-order valence-electron chi connectivity index (χ1n) is 5.90. The molecule has 1 saturated carbocycles. The average Bonchev–Trinajstić information content (AvgIpc) is 2.29. The van der Waals surface area contributed by atoms with Crippen molar-refractivity contribution < 1.29 is 0 Å². The van der Waals surface area contributed by atoms with Crippen LogP contribution in [0.3, 0.4) is 0 Å². The van der Waals surface area contributed by atoms with Crippen LogP contribution in [0.25, 0.3) is 0 Å². The molecule has 1 aromatic rings. The van der Waals surface area contributed by atoms with Crippen molar-refractivity contribution >= 4 is 0 Å². The summed E-state index contributed by atoms with van der Waals surface area (Å²) in [6.45, 7) is 2.12. The van der Waals surface area contributed by atoms with Crippen LogP contribution in [0.15, 0.2) is 18.5 Å². The summed E-state index contributed by atoms with van der Waals surface area (Å²) in [5.41, 5.74) is 2.68. The predicted molar refractivity (Wildman–Crippen MR) is 63.0 cm³/mol. The fraction of sp³-hybridized carbons (Fsp3) is 0.615. The first-order chi connectivity index (χ1) is 7.31. The maximum absolute atomic E-state index is 4.30. The van der Waals surface area contributed by atoms with Gasteiger partial charge in [0.25, 0.3) is 0 Å². The van der Waals surface area contributed by atoms with Crippen molar-refractivity contribution in [1.29, 1.82) is 0 Å². The van der Waals surface area contributed by atoms with Gasteiger partial charge in [-0.15, -0.1) is 0 Å². The lowest BCUT2D eigenvalue weighted by Gasteiger charge is -2.31. The lowest BCUT2D eigenvalue weighted by Crippen LogP contribution is -2.34. The molecule has 2 unspecified atom stereocenters. The van der Waals surface area contributed by atoms with E-state index in [1.54, 1.807) is 0 Å². The summed E-state index contributed by atoms with van der Waals surface area (Å²) in [5, 5.41) is 3.44. The van der Waals surface area contributed by atoms with E-state index in [1.165, 1.54) is 36.8 Å². The highest BCUT2D eigenvalue weighted by molar-refractivity contribution is 5.22. The smallest absolute Gasteiger partial charge is 0.0303 e. The van der Waals surface area contributed by atoms with Gasteiger partial charge in [-0.2, -0.15) is 0 Å². The summed E-state index contributed by atoms with van der Waals surface area (Å²) in [4.78, 5) is 4.30. The monoisotopic (exact) mass is 204 g/mol. The number of rotatable bonds is 2. The van der Waals surface area contributed by atoms with E-state index in [0.717, 1.165) is 0 Å². The Hall–Kier alpha value is -0.890. The average molecular weight is 204 g/mol. The molecule has 0 radical (unpaired) electrons. The highest BCUT2D eigenvalue weighted by Gasteiger charge is 2.25. The van der Waals surface area contributed by atoms with Gasteiger partial charge < -0.3 is 5.32 Å². The van der Waals surface area contributed by atoms with E-state index in [9.17, 15) is 0 Å². The second-order valence-electron chi connectivity index (χ2n) is 4.58. The zero-order valence-electron chi connectivity index (χ0n) is 9.66. The molecular formula is C13H20N2. The third kappa shape index (κ3) is 2.37. The van der Waals surface area contributed by atoms with E-state index in [0.29, 0.717) is 12.0 Å². The molecule has 0 saturated heterocycles. The summed E-state index contributed by atoms with van der Waals surface area (Å²) in [6.07, 6.45) is 9.29. The molecule has 1 heterocycles. The molecule has 1 aliphatic carbocycles. The Bertz CT molecular complexity index is 322. The van der Waals surface area contributed by atoms with Crippen molar-refractivity contribution in [2.75, 3.05) is 7.05 Å². The molecule has 0 spiro atoms. The van der Waals surface area contributed by atoms with Crippen LogP contribution in [0.4, 0.5) is 0 Å². The molecular weight excluding hydrogens is 184 g/mol. The van der Waals surface area contributed by atoms with Gasteiger partial charge in [-0.1, -0.05) is 18.9 Å². The van der Waals surface area contributed by atoms with Crippen molar-refractivity contribution in [2.24, 2.45) is 0 Å². The topological polar surface area (TPSA) is 24.9 Å². The largest absolute Gasteiger partial charge is 0.316 e. The highest BCUT2D eigenvalue weighted by atomic mass is 14.9. The Morgan fingerprint density at radius 3 is 2.80 bits per heavy atom. The van der Waals surface area contributed by atoms with Gasteiger partial charge in [0.1, 0.15) is 0 Å². The minimum atomic E-state index is 0.641. The number of nitrogens with one attached hydrogen (secondary N) is 1. The van der Waals surface area contributed by atoms with Gasteiger partial charge in [-0.05, 0) is 37.9 Å². The van der Waals surface area contributed by atoms with Gasteiger partial charge in [0.2, 0.25) is 0 Å². The summed E-state index contributed by atoms with van der Waals surface area (Å²) < 4.78 is 0.